The van der Waals surface area contributed by atoms with Crippen molar-refractivity contribution in [1.82, 2.24) is 5.43 Å². The second-order valence-electron chi connectivity index (χ2n) is 4.17. The van der Waals surface area contributed by atoms with Gasteiger partial charge in [0.05, 0.1) is 12.0 Å². The quantitative estimate of drug-likeness (QED) is 0.502. The number of hydrogen-bond acceptors (Lipinski definition) is 4. The molecular formula is C16H16N2OS2. The summed E-state index contributed by atoms with van der Waals surface area (Å²) in [4.78, 5) is 13.9. The van der Waals surface area contributed by atoms with Gasteiger partial charge in [-0.25, -0.2) is 5.43 Å². The number of rotatable bonds is 6. The Morgan fingerprint density at radius 1 is 1.10 bits per heavy atom. The fourth-order valence-corrected chi connectivity index (χ4v) is 2.69. The van der Waals surface area contributed by atoms with Crippen molar-refractivity contribution in [1.29, 1.82) is 0 Å². The van der Waals surface area contributed by atoms with Crippen LogP contribution in [0, 0.1) is 0 Å². The molecule has 0 radical (unpaired) electrons. The van der Waals surface area contributed by atoms with E-state index in [9.17, 15) is 4.79 Å². The van der Waals surface area contributed by atoms with Gasteiger partial charge in [0.15, 0.2) is 0 Å². The minimum absolute atomic E-state index is 0.110. The van der Waals surface area contributed by atoms with Crippen LogP contribution in [0.25, 0.3) is 0 Å². The Morgan fingerprint density at radius 2 is 1.81 bits per heavy atom. The van der Waals surface area contributed by atoms with E-state index in [1.54, 1.807) is 18.0 Å². The standard InChI is InChI=1S/C16H16N2OS2/c1-20-14-9-7-13(8-10-14)11-17-18-16(19)12-21-15-5-3-2-4-6-15/h2-11H,12H2,1H3,(H,18,19)/b17-11+. The zero-order valence-electron chi connectivity index (χ0n) is 11.7. The molecule has 0 aliphatic rings. The maximum absolute atomic E-state index is 11.7. The van der Waals surface area contributed by atoms with Gasteiger partial charge in [-0.1, -0.05) is 30.3 Å². The van der Waals surface area contributed by atoms with Crippen molar-refractivity contribution in [3.05, 3.63) is 60.2 Å². The van der Waals surface area contributed by atoms with Crippen molar-refractivity contribution in [2.24, 2.45) is 5.10 Å². The summed E-state index contributed by atoms with van der Waals surface area (Å²) in [7, 11) is 0. The zero-order chi connectivity index (χ0) is 14.9. The van der Waals surface area contributed by atoms with Gasteiger partial charge in [-0.3, -0.25) is 4.79 Å². The van der Waals surface area contributed by atoms with Crippen LogP contribution in [-0.2, 0) is 4.79 Å². The maximum atomic E-state index is 11.7. The van der Waals surface area contributed by atoms with Gasteiger partial charge in [0.1, 0.15) is 0 Å². The predicted molar refractivity (Wildman–Crippen MR) is 91.1 cm³/mol. The van der Waals surface area contributed by atoms with Crippen LogP contribution in [-0.4, -0.2) is 24.1 Å². The first-order chi connectivity index (χ1) is 10.3. The summed E-state index contributed by atoms with van der Waals surface area (Å²) in [5.41, 5.74) is 3.50. The molecule has 2 rings (SSSR count). The third kappa shape index (κ3) is 5.65. The van der Waals surface area contributed by atoms with Crippen molar-refractivity contribution < 1.29 is 4.79 Å². The average Bonchev–Trinajstić information content (AvgIpc) is 2.54. The molecule has 3 nitrogen and oxygen atoms in total. The average molecular weight is 316 g/mol. The first kappa shape index (κ1) is 15.7. The third-order valence-corrected chi connectivity index (χ3v) is 4.39. The van der Waals surface area contributed by atoms with Gasteiger partial charge in [0.2, 0.25) is 5.91 Å². The topological polar surface area (TPSA) is 41.5 Å². The molecule has 0 atom stereocenters. The minimum Gasteiger partial charge on any atom is -0.272 e. The van der Waals surface area contributed by atoms with Crippen molar-refractivity contribution >= 4 is 35.6 Å². The van der Waals surface area contributed by atoms with Crippen molar-refractivity contribution in [2.45, 2.75) is 9.79 Å². The number of hydrazone groups is 1. The Kier molecular flexibility index (Phi) is 6.37. The molecule has 5 heteroatoms. The summed E-state index contributed by atoms with van der Waals surface area (Å²) in [6.45, 7) is 0. The highest BCUT2D eigenvalue weighted by Gasteiger charge is 2.00. The second-order valence-corrected chi connectivity index (χ2v) is 6.10. The molecule has 108 valence electrons. The van der Waals surface area contributed by atoms with E-state index in [0.29, 0.717) is 5.75 Å². The highest BCUT2D eigenvalue weighted by molar-refractivity contribution is 8.00. The lowest BCUT2D eigenvalue weighted by atomic mass is 10.2. The lowest BCUT2D eigenvalue weighted by Crippen LogP contribution is -2.19. The van der Waals surface area contributed by atoms with Gasteiger partial charge >= 0.3 is 0 Å². The Balaban J connectivity index is 1.76. The van der Waals surface area contributed by atoms with Gasteiger partial charge in [0.25, 0.3) is 0 Å². The van der Waals surface area contributed by atoms with E-state index < -0.39 is 0 Å². The van der Waals surface area contributed by atoms with Crippen LogP contribution >= 0.6 is 23.5 Å². The predicted octanol–water partition coefficient (Wildman–Crippen LogP) is 3.65. The zero-order valence-corrected chi connectivity index (χ0v) is 13.3. The second kappa shape index (κ2) is 8.54. The van der Waals surface area contributed by atoms with Crippen LogP contribution in [0.1, 0.15) is 5.56 Å². The van der Waals surface area contributed by atoms with Crippen LogP contribution < -0.4 is 5.43 Å². The van der Waals surface area contributed by atoms with Crippen LogP contribution in [0.4, 0.5) is 0 Å². The summed E-state index contributed by atoms with van der Waals surface area (Å²) in [5, 5.41) is 3.96. The maximum Gasteiger partial charge on any atom is 0.250 e. The molecule has 0 bridgehead atoms. The van der Waals surface area contributed by atoms with Gasteiger partial charge in [-0.15, -0.1) is 23.5 Å². The van der Waals surface area contributed by atoms with E-state index >= 15 is 0 Å². The first-order valence-corrected chi connectivity index (χ1v) is 8.63. The van der Waals surface area contributed by atoms with Crippen LogP contribution in [0.5, 0.6) is 0 Å². The fraction of sp³-hybridized carbons (Fsp3) is 0.125. The summed E-state index contributed by atoms with van der Waals surface area (Å²) in [6, 6.07) is 17.8. The molecule has 0 aliphatic heterocycles. The molecule has 1 amide bonds. The Labute approximate surface area is 133 Å². The van der Waals surface area contributed by atoms with E-state index in [1.807, 2.05) is 60.9 Å². The molecule has 1 N–H and O–H groups in total. The minimum atomic E-state index is -0.110. The lowest BCUT2D eigenvalue weighted by molar-refractivity contribution is -0.118. The summed E-state index contributed by atoms with van der Waals surface area (Å²) < 4.78 is 0. The van der Waals surface area contributed by atoms with Crippen LogP contribution in [0.3, 0.4) is 0 Å². The summed E-state index contributed by atoms with van der Waals surface area (Å²) in [6.07, 6.45) is 3.68. The SMILES string of the molecule is CSc1ccc(/C=N/NC(=O)CSc2ccccc2)cc1. The van der Waals surface area contributed by atoms with Crippen molar-refractivity contribution in [3.8, 4) is 0 Å². The van der Waals surface area contributed by atoms with Crippen LogP contribution in [0.2, 0.25) is 0 Å². The molecule has 21 heavy (non-hydrogen) atoms. The Bertz CT molecular complexity index is 597. The summed E-state index contributed by atoms with van der Waals surface area (Å²) in [5.74, 6) is 0.244. The molecule has 0 saturated carbocycles. The molecule has 0 unspecified atom stereocenters. The van der Waals surface area contributed by atoms with E-state index in [2.05, 4.69) is 10.5 Å². The highest BCUT2D eigenvalue weighted by atomic mass is 32.2. The monoisotopic (exact) mass is 316 g/mol. The molecule has 0 fully saturated rings. The molecule has 2 aromatic carbocycles. The van der Waals surface area contributed by atoms with E-state index in [1.165, 1.54) is 16.7 Å². The number of nitrogens with one attached hydrogen (secondary N) is 1. The Hall–Kier alpha value is -1.72. The van der Waals surface area contributed by atoms with Gasteiger partial charge in [-0.05, 0) is 36.1 Å². The number of nitrogens with zero attached hydrogens (tertiary/aromatic N) is 1. The third-order valence-electron chi connectivity index (χ3n) is 2.63. The van der Waals surface area contributed by atoms with E-state index in [0.717, 1.165) is 10.5 Å². The number of hydrogen-bond donors (Lipinski definition) is 1. The van der Waals surface area contributed by atoms with Crippen LogP contribution in [0.15, 0.2) is 69.5 Å². The normalized spacial score (nSPS) is 10.7. The molecule has 2 aromatic rings. The summed E-state index contributed by atoms with van der Waals surface area (Å²) >= 11 is 3.18. The number of benzene rings is 2. The molecule has 0 heterocycles. The highest BCUT2D eigenvalue weighted by Crippen LogP contribution is 2.16. The van der Waals surface area contributed by atoms with Crippen molar-refractivity contribution in [3.63, 3.8) is 0 Å². The lowest BCUT2D eigenvalue weighted by Gasteiger charge is -2.00. The van der Waals surface area contributed by atoms with E-state index in [-0.39, 0.29) is 5.91 Å². The fourth-order valence-electron chi connectivity index (χ4n) is 1.57. The molecule has 0 spiro atoms. The molecule has 0 saturated heterocycles. The number of amides is 1. The molecule has 0 aliphatic carbocycles. The van der Waals surface area contributed by atoms with E-state index in [4.69, 9.17) is 0 Å². The largest absolute Gasteiger partial charge is 0.272 e. The smallest absolute Gasteiger partial charge is 0.250 e. The first-order valence-electron chi connectivity index (χ1n) is 6.42. The molecular weight excluding hydrogens is 300 g/mol. The van der Waals surface area contributed by atoms with Gasteiger partial charge < -0.3 is 0 Å². The number of carbonyl (C=O) groups excluding carboxylic acids is 1. The molecule has 0 aromatic heterocycles. The number of thioether (sulfide) groups is 2. The number of carbonyl (C=O) groups is 1. The van der Waals surface area contributed by atoms with Gasteiger partial charge in [-0.2, -0.15) is 5.10 Å². The van der Waals surface area contributed by atoms with Crippen molar-refractivity contribution in [2.75, 3.05) is 12.0 Å². The van der Waals surface area contributed by atoms with Gasteiger partial charge in [0, 0.05) is 9.79 Å². The Morgan fingerprint density at radius 3 is 2.48 bits per heavy atom.